The van der Waals surface area contributed by atoms with Crippen LogP contribution in [-0.2, 0) is 9.59 Å². The van der Waals surface area contributed by atoms with Gasteiger partial charge in [-0.1, -0.05) is 20.8 Å². The van der Waals surface area contributed by atoms with Crippen molar-refractivity contribution in [3.63, 3.8) is 0 Å². The minimum atomic E-state index is -0.265. The number of amides is 2. The van der Waals surface area contributed by atoms with Gasteiger partial charge in [0, 0.05) is 26.4 Å². The Hall–Kier alpha value is -1.14. The summed E-state index contributed by atoms with van der Waals surface area (Å²) in [5, 5.41) is 27.8. The van der Waals surface area contributed by atoms with Crippen molar-refractivity contribution in [3.8, 4) is 0 Å². The predicted molar refractivity (Wildman–Crippen MR) is 142 cm³/mol. The van der Waals surface area contributed by atoms with E-state index in [2.05, 4.69) is 31.4 Å². The molecule has 0 aromatic heterocycles. The van der Waals surface area contributed by atoms with Gasteiger partial charge < -0.3 is 20.8 Å². The first-order valence-electron chi connectivity index (χ1n) is 14.9. The largest absolute Gasteiger partial charge is 0.393 e. The monoisotopic (exact) mass is 504 g/mol. The van der Waals surface area contributed by atoms with Crippen molar-refractivity contribution in [1.29, 1.82) is 0 Å². The van der Waals surface area contributed by atoms with Crippen molar-refractivity contribution in [2.45, 2.75) is 117 Å². The quantitative estimate of drug-likeness (QED) is 0.349. The lowest BCUT2D eigenvalue weighted by Gasteiger charge is -2.62. The summed E-state index contributed by atoms with van der Waals surface area (Å²) in [4.78, 5) is 23.4. The standard InChI is InChI=1S/C30H52N2O4/c1-19(7-12-28(36)32-16-6-5-15-31-20(2)33)24-10-11-25-23-9-8-21-17-22(34)13-14-29(21,3)26(23)18-27(35)30(24,25)4/h19,21-27,34-35H,5-18H2,1-4H3,(H,31,33)(H,32,36)/t19-,21-,22-,23+,24-,25+,26+,27+,29+,30-/m1/s1. The van der Waals surface area contributed by atoms with Crippen LogP contribution in [0.4, 0.5) is 0 Å². The van der Waals surface area contributed by atoms with Crippen LogP contribution in [-0.4, -0.2) is 47.3 Å². The van der Waals surface area contributed by atoms with Crippen LogP contribution >= 0.6 is 0 Å². The molecule has 6 nitrogen and oxygen atoms in total. The van der Waals surface area contributed by atoms with Gasteiger partial charge in [-0.3, -0.25) is 9.59 Å². The summed E-state index contributed by atoms with van der Waals surface area (Å²) < 4.78 is 0. The minimum Gasteiger partial charge on any atom is -0.393 e. The van der Waals surface area contributed by atoms with E-state index in [1.54, 1.807) is 0 Å². The highest BCUT2D eigenvalue weighted by molar-refractivity contribution is 5.75. The molecule has 4 fully saturated rings. The molecule has 0 aliphatic heterocycles. The fraction of sp³-hybridized carbons (Fsp3) is 0.933. The lowest BCUT2D eigenvalue weighted by Crippen LogP contribution is -2.58. The van der Waals surface area contributed by atoms with Crippen molar-refractivity contribution in [2.75, 3.05) is 13.1 Å². The van der Waals surface area contributed by atoms with Crippen molar-refractivity contribution in [2.24, 2.45) is 46.3 Å². The number of unbranched alkanes of at least 4 members (excludes halogenated alkanes) is 1. The third-order valence-corrected chi connectivity index (χ3v) is 11.6. The van der Waals surface area contributed by atoms with E-state index in [1.165, 1.54) is 32.6 Å². The SMILES string of the molecule is CC(=O)NCCCCNC(=O)CC[C@@H](C)[C@H]1CC[C@H]2[C@@H]3CC[C@@H]4C[C@H](O)CC[C@]4(C)[C@H]3C[C@H](O)[C@]12C. The topological polar surface area (TPSA) is 98.7 Å². The van der Waals surface area contributed by atoms with Crippen LogP contribution in [0, 0.1) is 46.3 Å². The Morgan fingerprint density at radius 2 is 1.67 bits per heavy atom. The summed E-state index contributed by atoms with van der Waals surface area (Å²) in [6.07, 6.45) is 11.6. The lowest BCUT2D eigenvalue weighted by atomic mass is 9.43. The van der Waals surface area contributed by atoms with Crippen molar-refractivity contribution >= 4 is 11.8 Å². The number of rotatable bonds is 9. The van der Waals surface area contributed by atoms with Gasteiger partial charge in [0.2, 0.25) is 11.8 Å². The van der Waals surface area contributed by atoms with Gasteiger partial charge in [0.05, 0.1) is 12.2 Å². The molecule has 206 valence electrons. The molecule has 10 atom stereocenters. The molecule has 2 amide bonds. The Kier molecular flexibility index (Phi) is 8.76. The summed E-state index contributed by atoms with van der Waals surface area (Å²) in [5.41, 5.74) is 0.229. The highest BCUT2D eigenvalue weighted by Crippen LogP contribution is 2.68. The van der Waals surface area contributed by atoms with Crippen LogP contribution < -0.4 is 10.6 Å². The molecule has 0 saturated heterocycles. The second-order valence-corrected chi connectivity index (χ2v) is 13.4. The Balaban J connectivity index is 1.30. The molecule has 4 N–H and O–H groups in total. The first-order chi connectivity index (χ1) is 17.1. The molecule has 4 aliphatic rings. The third kappa shape index (κ3) is 5.36. The molecule has 0 bridgehead atoms. The van der Waals surface area contributed by atoms with Gasteiger partial charge in [-0.2, -0.15) is 0 Å². The van der Waals surface area contributed by atoms with Gasteiger partial charge in [0.25, 0.3) is 0 Å². The highest BCUT2D eigenvalue weighted by Gasteiger charge is 2.63. The van der Waals surface area contributed by atoms with E-state index in [-0.39, 0.29) is 34.9 Å². The van der Waals surface area contributed by atoms with E-state index in [0.717, 1.165) is 44.9 Å². The zero-order valence-electron chi connectivity index (χ0n) is 23.2. The molecule has 6 heteroatoms. The maximum absolute atomic E-state index is 12.5. The van der Waals surface area contributed by atoms with Gasteiger partial charge >= 0.3 is 0 Å². The highest BCUT2D eigenvalue weighted by atomic mass is 16.3. The zero-order valence-corrected chi connectivity index (χ0v) is 23.2. The summed E-state index contributed by atoms with van der Waals surface area (Å²) in [5.74, 6) is 3.49. The average Bonchev–Trinajstić information content (AvgIpc) is 3.19. The van der Waals surface area contributed by atoms with E-state index in [4.69, 9.17) is 0 Å². The Morgan fingerprint density at radius 1 is 0.944 bits per heavy atom. The van der Waals surface area contributed by atoms with E-state index in [9.17, 15) is 19.8 Å². The molecule has 0 aromatic rings. The molecule has 0 radical (unpaired) electrons. The van der Waals surface area contributed by atoms with Crippen LogP contribution in [0.15, 0.2) is 0 Å². The molecule has 0 heterocycles. The molecule has 36 heavy (non-hydrogen) atoms. The first-order valence-corrected chi connectivity index (χ1v) is 14.9. The fourth-order valence-corrected chi connectivity index (χ4v) is 9.55. The van der Waals surface area contributed by atoms with Gasteiger partial charge in [0.15, 0.2) is 0 Å². The molecular weight excluding hydrogens is 452 g/mol. The first kappa shape index (κ1) is 27.9. The normalized spacial score (nSPS) is 42.6. The number of aliphatic hydroxyl groups is 2. The van der Waals surface area contributed by atoms with Crippen LogP contribution in [0.1, 0.15) is 105 Å². The number of fused-ring (bicyclic) bond motifs is 5. The number of nitrogens with one attached hydrogen (secondary N) is 2. The van der Waals surface area contributed by atoms with Gasteiger partial charge in [0.1, 0.15) is 0 Å². The Morgan fingerprint density at radius 3 is 2.39 bits per heavy atom. The number of aliphatic hydroxyl groups excluding tert-OH is 2. The van der Waals surface area contributed by atoms with Gasteiger partial charge in [-0.05, 0) is 117 Å². The summed E-state index contributed by atoms with van der Waals surface area (Å²) in [7, 11) is 0. The smallest absolute Gasteiger partial charge is 0.220 e. The van der Waals surface area contributed by atoms with Crippen molar-refractivity contribution in [1.82, 2.24) is 10.6 Å². The lowest BCUT2D eigenvalue weighted by molar-refractivity contribution is -0.174. The number of carbonyl (C=O) groups is 2. The fourth-order valence-electron chi connectivity index (χ4n) is 9.55. The van der Waals surface area contributed by atoms with E-state index >= 15 is 0 Å². The maximum Gasteiger partial charge on any atom is 0.220 e. The average molecular weight is 505 g/mol. The molecule has 4 aliphatic carbocycles. The molecule has 4 rings (SSSR count). The molecule has 0 unspecified atom stereocenters. The number of hydrogen-bond donors (Lipinski definition) is 4. The maximum atomic E-state index is 12.5. The van der Waals surface area contributed by atoms with Crippen molar-refractivity contribution in [3.05, 3.63) is 0 Å². The van der Waals surface area contributed by atoms with Crippen LogP contribution in [0.25, 0.3) is 0 Å². The van der Waals surface area contributed by atoms with E-state index in [0.29, 0.717) is 55.0 Å². The zero-order chi connectivity index (χ0) is 26.1. The minimum absolute atomic E-state index is 0.00909. The van der Waals surface area contributed by atoms with Gasteiger partial charge in [-0.25, -0.2) is 0 Å². The number of carbonyl (C=O) groups excluding carboxylic acids is 2. The van der Waals surface area contributed by atoms with E-state index in [1.807, 2.05) is 0 Å². The second kappa shape index (κ2) is 11.3. The van der Waals surface area contributed by atoms with Crippen LogP contribution in [0.2, 0.25) is 0 Å². The van der Waals surface area contributed by atoms with Crippen LogP contribution in [0.3, 0.4) is 0 Å². The van der Waals surface area contributed by atoms with E-state index < -0.39 is 0 Å². The van der Waals surface area contributed by atoms with Crippen LogP contribution in [0.5, 0.6) is 0 Å². The molecule has 4 saturated carbocycles. The number of hydrogen-bond acceptors (Lipinski definition) is 4. The third-order valence-electron chi connectivity index (χ3n) is 11.6. The summed E-state index contributed by atoms with van der Waals surface area (Å²) in [6, 6.07) is 0. The second-order valence-electron chi connectivity index (χ2n) is 13.4. The molecule has 0 spiro atoms. The van der Waals surface area contributed by atoms with Crippen molar-refractivity contribution < 1.29 is 19.8 Å². The summed E-state index contributed by atoms with van der Waals surface area (Å²) in [6.45, 7) is 10.0. The summed E-state index contributed by atoms with van der Waals surface area (Å²) >= 11 is 0. The molecule has 0 aromatic carbocycles. The Bertz CT molecular complexity index is 789. The van der Waals surface area contributed by atoms with Gasteiger partial charge in [-0.15, -0.1) is 0 Å². The molecular formula is C30H52N2O4. The Labute approximate surface area is 218 Å². The predicted octanol–water partition coefficient (Wildman–Crippen LogP) is 4.43.